The number of aromatic nitrogens is 5. The van der Waals surface area contributed by atoms with Crippen molar-refractivity contribution in [1.82, 2.24) is 25.6 Å². The highest BCUT2D eigenvalue weighted by molar-refractivity contribution is 7.90. The summed E-state index contributed by atoms with van der Waals surface area (Å²) in [7, 11) is -3.51. The van der Waals surface area contributed by atoms with E-state index < -0.39 is 9.84 Å². The van der Waals surface area contributed by atoms with Gasteiger partial charge in [0.05, 0.1) is 15.1 Å². The van der Waals surface area contributed by atoms with Gasteiger partial charge in [0.2, 0.25) is 0 Å². The molecule has 156 valence electrons. The highest BCUT2D eigenvalue weighted by Gasteiger charge is 2.23. The lowest BCUT2D eigenvalue weighted by Crippen LogP contribution is -2.05. The van der Waals surface area contributed by atoms with Crippen molar-refractivity contribution >= 4 is 36.5 Å². The van der Waals surface area contributed by atoms with Crippen molar-refractivity contribution in [3.63, 3.8) is 0 Å². The Hall–Kier alpha value is -2.89. The molecule has 0 aliphatic heterocycles. The fraction of sp³-hybridized carbons (Fsp3) is 0.263. The fourth-order valence-corrected chi connectivity index (χ4v) is 5.10. The van der Waals surface area contributed by atoms with E-state index in [1.807, 2.05) is 24.3 Å². The maximum atomic E-state index is 12.5. The van der Waals surface area contributed by atoms with Crippen molar-refractivity contribution < 1.29 is 8.42 Å². The molecule has 0 saturated carbocycles. The minimum absolute atomic E-state index is 0.158. The van der Waals surface area contributed by atoms with Gasteiger partial charge in [0.15, 0.2) is 20.8 Å². The molecule has 2 heterocycles. The van der Waals surface area contributed by atoms with Crippen LogP contribution in [0.4, 0.5) is 5.13 Å². The van der Waals surface area contributed by atoms with Gasteiger partial charge in [-0.2, -0.15) is 0 Å². The second kappa shape index (κ2) is 8.46. The molecule has 0 unspecified atom stereocenters. The molecule has 0 radical (unpaired) electrons. The number of hydrogen-bond acceptors (Lipinski definition) is 9. The van der Waals surface area contributed by atoms with Crippen LogP contribution in [0.1, 0.15) is 12.8 Å². The van der Waals surface area contributed by atoms with Crippen molar-refractivity contribution in [2.45, 2.75) is 17.7 Å². The summed E-state index contributed by atoms with van der Waals surface area (Å²) < 4.78 is 25.9. The summed E-state index contributed by atoms with van der Waals surface area (Å²) in [4.78, 5) is 4.92. The molecule has 2 aromatic carbocycles. The van der Waals surface area contributed by atoms with E-state index in [-0.39, 0.29) is 4.90 Å². The normalized spacial score (nSPS) is 11.8. The van der Waals surface area contributed by atoms with Crippen molar-refractivity contribution in [2.75, 3.05) is 24.7 Å². The van der Waals surface area contributed by atoms with Gasteiger partial charge >= 0.3 is 0 Å². The summed E-state index contributed by atoms with van der Waals surface area (Å²) in [5.41, 5.74) is 8.29. The van der Waals surface area contributed by atoms with Crippen LogP contribution in [-0.2, 0) is 9.84 Å². The summed E-state index contributed by atoms with van der Waals surface area (Å²) in [6, 6.07) is 11.0. The first kappa shape index (κ1) is 20.4. The molecule has 0 fully saturated rings. The Morgan fingerprint density at radius 2 is 1.93 bits per heavy atom. The number of rotatable bonds is 8. The van der Waals surface area contributed by atoms with Gasteiger partial charge in [0, 0.05) is 23.9 Å². The number of anilines is 1. The molecule has 0 aliphatic rings. The van der Waals surface area contributed by atoms with Gasteiger partial charge in [0.25, 0.3) is 0 Å². The number of tetrazole rings is 1. The quantitative estimate of drug-likeness (QED) is 0.353. The Morgan fingerprint density at radius 1 is 1.13 bits per heavy atom. The molecule has 0 saturated heterocycles. The van der Waals surface area contributed by atoms with Gasteiger partial charge in [-0.15, -0.1) is 5.10 Å². The first-order chi connectivity index (χ1) is 14.5. The number of thiazole rings is 1. The Balaban J connectivity index is 1.86. The zero-order chi connectivity index (χ0) is 21.1. The van der Waals surface area contributed by atoms with Gasteiger partial charge in [-0.1, -0.05) is 35.6 Å². The molecule has 4 aromatic rings. The van der Waals surface area contributed by atoms with Gasteiger partial charge in [-0.25, -0.2) is 18.5 Å². The summed E-state index contributed by atoms with van der Waals surface area (Å²) >= 11 is 1.56. The summed E-state index contributed by atoms with van der Waals surface area (Å²) in [6.45, 7) is 1.46. The van der Waals surface area contributed by atoms with Crippen molar-refractivity contribution in [1.29, 1.82) is 0 Å². The molecule has 0 spiro atoms. The Bertz CT molecular complexity index is 1270. The number of nitrogens with one attached hydrogen (secondary N) is 2. The van der Waals surface area contributed by atoms with E-state index in [0.29, 0.717) is 23.5 Å². The third-order valence-corrected chi connectivity index (χ3v) is 6.74. The van der Waals surface area contributed by atoms with Crippen LogP contribution < -0.4 is 11.1 Å². The standard InChI is InChI=1S/C19H21N7O2S2/c1-30(27,28)15-9-5-6-12(16(15)18-23-25-26-24-18)13-7-4-8-14-17(13)22-19(29-14)21-11-3-2-10-20/h4-9H,2-3,10-11,20H2,1H3,(H,21,22)(H,23,24,25,26). The number of fused-ring (bicyclic) bond motifs is 1. The second-order valence-corrected chi connectivity index (χ2v) is 9.81. The van der Waals surface area contributed by atoms with Crippen LogP contribution in [0.25, 0.3) is 32.7 Å². The maximum Gasteiger partial charge on any atom is 0.183 e. The lowest BCUT2D eigenvalue weighted by Gasteiger charge is -2.12. The number of nitrogens with two attached hydrogens (primary N) is 1. The minimum atomic E-state index is -3.51. The molecule has 11 heteroatoms. The zero-order valence-corrected chi connectivity index (χ0v) is 17.9. The highest BCUT2D eigenvalue weighted by Crippen LogP contribution is 2.40. The number of unbranched alkanes of at least 4 members (excludes halogenated alkanes) is 1. The molecule has 0 amide bonds. The number of hydrogen-bond donors (Lipinski definition) is 3. The average molecular weight is 444 g/mol. The van der Waals surface area contributed by atoms with Gasteiger partial charge in [0.1, 0.15) is 0 Å². The highest BCUT2D eigenvalue weighted by atomic mass is 32.2. The molecule has 4 rings (SSSR count). The lowest BCUT2D eigenvalue weighted by atomic mass is 9.98. The molecule has 9 nitrogen and oxygen atoms in total. The average Bonchev–Trinajstić information content (AvgIpc) is 3.39. The van der Waals surface area contributed by atoms with Crippen LogP contribution >= 0.6 is 11.3 Å². The SMILES string of the molecule is CS(=O)(=O)c1cccc(-c2cccc3sc(NCCCCN)nc23)c1-c1nnn[nH]1. The van der Waals surface area contributed by atoms with E-state index in [2.05, 4.69) is 25.9 Å². The van der Waals surface area contributed by atoms with E-state index in [0.717, 1.165) is 40.3 Å². The molecule has 30 heavy (non-hydrogen) atoms. The van der Waals surface area contributed by atoms with E-state index >= 15 is 0 Å². The van der Waals surface area contributed by atoms with E-state index in [4.69, 9.17) is 10.7 Å². The monoisotopic (exact) mass is 443 g/mol. The fourth-order valence-electron chi connectivity index (χ4n) is 3.28. The number of nitrogens with zero attached hydrogens (tertiary/aromatic N) is 4. The molecule has 4 N–H and O–H groups in total. The number of benzene rings is 2. The third-order valence-electron chi connectivity index (χ3n) is 4.62. The van der Waals surface area contributed by atoms with Crippen LogP contribution in [0.2, 0.25) is 0 Å². The van der Waals surface area contributed by atoms with Crippen LogP contribution in [0.5, 0.6) is 0 Å². The first-order valence-corrected chi connectivity index (χ1v) is 12.1. The summed E-state index contributed by atoms with van der Waals surface area (Å²) in [6.07, 6.45) is 3.10. The van der Waals surface area contributed by atoms with Crippen LogP contribution in [0.3, 0.4) is 0 Å². The molecule has 2 aromatic heterocycles. The molecule has 0 atom stereocenters. The Labute approximate surface area is 177 Å². The Morgan fingerprint density at radius 3 is 2.67 bits per heavy atom. The van der Waals surface area contributed by atoms with Gasteiger partial charge in [-0.3, -0.25) is 0 Å². The summed E-state index contributed by atoms with van der Waals surface area (Å²) in [5, 5.41) is 18.1. The molecular weight excluding hydrogens is 422 g/mol. The maximum absolute atomic E-state index is 12.5. The van der Waals surface area contributed by atoms with Crippen molar-refractivity contribution in [3.8, 4) is 22.5 Å². The van der Waals surface area contributed by atoms with Crippen molar-refractivity contribution in [3.05, 3.63) is 36.4 Å². The van der Waals surface area contributed by atoms with Gasteiger partial charge < -0.3 is 11.1 Å². The largest absolute Gasteiger partial charge is 0.361 e. The first-order valence-electron chi connectivity index (χ1n) is 9.40. The molecule has 0 bridgehead atoms. The third kappa shape index (κ3) is 4.04. The van der Waals surface area contributed by atoms with Crippen molar-refractivity contribution in [2.24, 2.45) is 5.73 Å². The van der Waals surface area contributed by atoms with E-state index in [1.165, 1.54) is 6.26 Å². The number of H-pyrrole nitrogens is 1. The lowest BCUT2D eigenvalue weighted by molar-refractivity contribution is 0.602. The van der Waals surface area contributed by atoms with Crippen LogP contribution in [0, 0.1) is 0 Å². The predicted molar refractivity (Wildman–Crippen MR) is 118 cm³/mol. The zero-order valence-electron chi connectivity index (χ0n) is 16.3. The predicted octanol–water partition coefficient (Wildman–Crippen LogP) is 2.70. The smallest absolute Gasteiger partial charge is 0.183 e. The topological polar surface area (TPSA) is 140 Å². The van der Waals surface area contributed by atoms with Gasteiger partial charge in [-0.05, 0) is 47.5 Å². The molecule has 0 aliphatic carbocycles. The van der Waals surface area contributed by atoms with Crippen LogP contribution in [-0.4, -0.2) is 53.4 Å². The Kier molecular flexibility index (Phi) is 5.75. The number of para-hydroxylation sites is 1. The number of sulfone groups is 1. The van der Waals surface area contributed by atoms with E-state index in [9.17, 15) is 8.42 Å². The number of aromatic amines is 1. The minimum Gasteiger partial charge on any atom is -0.361 e. The summed E-state index contributed by atoms with van der Waals surface area (Å²) in [5.74, 6) is 0.290. The molecular formula is C19H21N7O2S2. The van der Waals surface area contributed by atoms with Crippen LogP contribution in [0.15, 0.2) is 41.3 Å². The van der Waals surface area contributed by atoms with E-state index in [1.54, 1.807) is 23.5 Å². The second-order valence-electron chi connectivity index (χ2n) is 6.79.